The molecule has 0 aromatic heterocycles. The second kappa shape index (κ2) is 6.18. The highest BCUT2D eigenvalue weighted by molar-refractivity contribution is 7.86. The average molecular weight is 397 g/mol. The van der Waals surface area contributed by atoms with E-state index in [1.54, 1.807) is 24.3 Å². The Morgan fingerprint density at radius 2 is 1.65 bits per heavy atom. The van der Waals surface area contributed by atoms with Crippen molar-refractivity contribution in [2.45, 2.75) is 16.2 Å². The SMILES string of the molecule is O=S(=O)(O)c1cccc(Nc2ccc3c(c2)C(O)(S(=O)(=O)O)CC=C3)c1. The zero-order chi connectivity index (χ0) is 19.2. The molecule has 0 saturated carbocycles. The summed E-state index contributed by atoms with van der Waals surface area (Å²) in [5.74, 6) is 0. The molecule has 0 radical (unpaired) electrons. The molecular weight excluding hydrogens is 382 g/mol. The van der Waals surface area contributed by atoms with Crippen molar-refractivity contribution in [2.75, 3.05) is 5.32 Å². The minimum absolute atomic E-state index is 0.00145. The number of anilines is 2. The lowest BCUT2D eigenvalue weighted by Gasteiger charge is -2.29. The van der Waals surface area contributed by atoms with Crippen molar-refractivity contribution in [1.82, 2.24) is 0 Å². The van der Waals surface area contributed by atoms with E-state index in [1.165, 1.54) is 30.3 Å². The van der Waals surface area contributed by atoms with Gasteiger partial charge in [-0.05, 0) is 35.9 Å². The van der Waals surface area contributed by atoms with Gasteiger partial charge in [-0.15, -0.1) is 0 Å². The number of aliphatic hydroxyl groups is 1. The van der Waals surface area contributed by atoms with Crippen molar-refractivity contribution in [2.24, 2.45) is 0 Å². The fourth-order valence-electron chi connectivity index (χ4n) is 2.72. The molecule has 26 heavy (non-hydrogen) atoms. The normalized spacial score (nSPS) is 19.8. The van der Waals surface area contributed by atoms with Gasteiger partial charge in [0.25, 0.3) is 20.2 Å². The van der Waals surface area contributed by atoms with E-state index in [2.05, 4.69) is 5.32 Å². The molecule has 1 atom stereocenters. The molecule has 0 aliphatic heterocycles. The van der Waals surface area contributed by atoms with Gasteiger partial charge in [-0.1, -0.05) is 24.3 Å². The van der Waals surface area contributed by atoms with Gasteiger partial charge >= 0.3 is 0 Å². The Hall–Kier alpha value is -2.24. The third-order valence-corrected chi connectivity index (χ3v) is 6.10. The standard InChI is InChI=1S/C16H15NO7S2/c18-16(26(22,23)24)8-2-3-11-6-7-13(10-15(11)16)17-12-4-1-5-14(9-12)25(19,20)21/h1-7,9-10,17-18H,8H2,(H,19,20,21)(H,22,23,24). The highest BCUT2D eigenvalue weighted by atomic mass is 32.2. The smallest absolute Gasteiger partial charge is 0.299 e. The van der Waals surface area contributed by atoms with E-state index in [0.717, 1.165) is 0 Å². The van der Waals surface area contributed by atoms with Crippen molar-refractivity contribution < 1.29 is 31.0 Å². The number of nitrogens with one attached hydrogen (secondary N) is 1. The molecule has 0 amide bonds. The Kier molecular flexibility index (Phi) is 4.41. The molecule has 8 nitrogen and oxygen atoms in total. The van der Waals surface area contributed by atoms with Crippen LogP contribution in [-0.4, -0.2) is 31.0 Å². The molecule has 1 aliphatic rings. The Bertz CT molecular complexity index is 1110. The Morgan fingerprint density at radius 1 is 0.962 bits per heavy atom. The Labute approximate surface area is 150 Å². The molecule has 138 valence electrons. The lowest BCUT2D eigenvalue weighted by Crippen LogP contribution is -2.36. The van der Waals surface area contributed by atoms with Gasteiger partial charge in [0.1, 0.15) is 0 Å². The molecule has 0 spiro atoms. The summed E-state index contributed by atoms with van der Waals surface area (Å²) >= 11 is 0. The molecule has 1 unspecified atom stereocenters. The van der Waals surface area contributed by atoms with E-state index in [4.69, 9.17) is 4.55 Å². The first-order chi connectivity index (χ1) is 12.0. The monoisotopic (exact) mass is 397 g/mol. The predicted molar refractivity (Wildman–Crippen MR) is 95.1 cm³/mol. The van der Waals surface area contributed by atoms with E-state index in [-0.39, 0.29) is 16.9 Å². The quantitative estimate of drug-likeness (QED) is 0.575. The first-order valence-corrected chi connectivity index (χ1v) is 10.2. The topological polar surface area (TPSA) is 141 Å². The lowest BCUT2D eigenvalue weighted by molar-refractivity contribution is 0.114. The molecule has 2 aromatic rings. The van der Waals surface area contributed by atoms with Gasteiger partial charge in [0.2, 0.25) is 4.93 Å². The van der Waals surface area contributed by atoms with Gasteiger partial charge < -0.3 is 10.4 Å². The van der Waals surface area contributed by atoms with Crippen LogP contribution in [0.2, 0.25) is 0 Å². The van der Waals surface area contributed by atoms with E-state index in [0.29, 0.717) is 16.9 Å². The van der Waals surface area contributed by atoms with Gasteiger partial charge in [-0.3, -0.25) is 9.11 Å². The van der Waals surface area contributed by atoms with Crippen molar-refractivity contribution >= 4 is 37.7 Å². The molecule has 0 heterocycles. The highest BCUT2D eigenvalue weighted by Gasteiger charge is 2.44. The Balaban J connectivity index is 2.03. The summed E-state index contributed by atoms with van der Waals surface area (Å²) in [7, 11) is -9.16. The molecular formula is C16H15NO7S2. The van der Waals surface area contributed by atoms with Crippen LogP contribution in [0.25, 0.3) is 6.08 Å². The highest BCUT2D eigenvalue weighted by Crippen LogP contribution is 2.39. The van der Waals surface area contributed by atoms with Crippen molar-refractivity contribution in [3.63, 3.8) is 0 Å². The van der Waals surface area contributed by atoms with Crippen molar-refractivity contribution in [1.29, 1.82) is 0 Å². The first kappa shape index (κ1) is 18.5. The third-order valence-electron chi connectivity index (χ3n) is 4.01. The fraction of sp³-hybridized carbons (Fsp3) is 0.125. The average Bonchev–Trinajstić information content (AvgIpc) is 2.54. The van der Waals surface area contributed by atoms with E-state index < -0.39 is 25.2 Å². The maximum absolute atomic E-state index is 11.7. The molecule has 0 bridgehead atoms. The van der Waals surface area contributed by atoms with Gasteiger partial charge in [0.15, 0.2) is 0 Å². The number of fused-ring (bicyclic) bond motifs is 1. The summed E-state index contributed by atoms with van der Waals surface area (Å²) in [5.41, 5.74) is 1.10. The van der Waals surface area contributed by atoms with E-state index >= 15 is 0 Å². The minimum atomic E-state index is -4.79. The zero-order valence-electron chi connectivity index (χ0n) is 13.2. The number of hydrogen-bond donors (Lipinski definition) is 4. The second-order valence-corrected chi connectivity index (χ2v) is 8.84. The molecule has 4 N–H and O–H groups in total. The van der Waals surface area contributed by atoms with Crippen LogP contribution in [0.4, 0.5) is 11.4 Å². The molecule has 0 saturated heterocycles. The lowest BCUT2D eigenvalue weighted by atomic mass is 9.93. The first-order valence-electron chi connectivity index (χ1n) is 7.36. The van der Waals surface area contributed by atoms with Crippen LogP contribution in [0.15, 0.2) is 53.4 Å². The second-order valence-electron chi connectivity index (χ2n) is 5.80. The summed E-state index contributed by atoms with van der Waals surface area (Å²) in [6.45, 7) is 0. The number of rotatable bonds is 4. The summed E-state index contributed by atoms with van der Waals surface area (Å²) in [5, 5.41) is 13.3. The van der Waals surface area contributed by atoms with Crippen LogP contribution < -0.4 is 5.32 Å². The number of benzene rings is 2. The summed E-state index contributed by atoms with van der Waals surface area (Å²) in [6, 6.07) is 9.88. The minimum Gasteiger partial charge on any atom is -0.369 e. The Morgan fingerprint density at radius 3 is 2.31 bits per heavy atom. The van der Waals surface area contributed by atoms with Crippen molar-refractivity contribution in [3.05, 3.63) is 59.7 Å². The van der Waals surface area contributed by atoms with Gasteiger partial charge in [-0.2, -0.15) is 16.8 Å². The molecule has 2 aromatic carbocycles. The van der Waals surface area contributed by atoms with Crippen LogP contribution in [0, 0.1) is 0 Å². The van der Waals surface area contributed by atoms with Crippen LogP contribution in [0.1, 0.15) is 17.5 Å². The maximum Gasteiger partial charge on any atom is 0.299 e. The largest absolute Gasteiger partial charge is 0.369 e. The van der Waals surface area contributed by atoms with E-state index in [9.17, 15) is 26.5 Å². The number of hydrogen-bond acceptors (Lipinski definition) is 6. The van der Waals surface area contributed by atoms with Crippen LogP contribution >= 0.6 is 0 Å². The molecule has 0 fully saturated rings. The molecule has 1 aliphatic carbocycles. The van der Waals surface area contributed by atoms with E-state index in [1.807, 2.05) is 0 Å². The fourth-order valence-corrected chi connectivity index (χ4v) is 4.01. The summed E-state index contributed by atoms with van der Waals surface area (Å²) in [6.07, 6.45) is 2.76. The van der Waals surface area contributed by atoms with Gasteiger partial charge in [0, 0.05) is 23.4 Å². The third kappa shape index (κ3) is 3.37. The van der Waals surface area contributed by atoms with Gasteiger partial charge in [0.05, 0.1) is 4.90 Å². The van der Waals surface area contributed by atoms with Gasteiger partial charge in [-0.25, -0.2) is 0 Å². The molecule has 10 heteroatoms. The van der Waals surface area contributed by atoms with Crippen LogP contribution in [-0.2, 0) is 25.2 Å². The summed E-state index contributed by atoms with van der Waals surface area (Å²) < 4.78 is 64.3. The summed E-state index contributed by atoms with van der Waals surface area (Å²) in [4.78, 5) is -2.77. The maximum atomic E-state index is 11.7. The predicted octanol–water partition coefficient (Wildman–Crippen LogP) is 2.13. The van der Waals surface area contributed by atoms with Crippen molar-refractivity contribution in [3.8, 4) is 0 Å². The van der Waals surface area contributed by atoms with Crippen LogP contribution in [0.3, 0.4) is 0 Å². The van der Waals surface area contributed by atoms with Crippen LogP contribution in [0.5, 0.6) is 0 Å². The molecule has 3 rings (SSSR count). The zero-order valence-corrected chi connectivity index (χ0v) is 14.8.